The number of aliphatic hydroxyl groups excluding tert-OH is 1. The number of hydrogen-bond acceptors (Lipinski definition) is 3. The summed E-state index contributed by atoms with van der Waals surface area (Å²) < 4.78 is 5.19. The minimum atomic E-state index is -0.0586. The van der Waals surface area contributed by atoms with Gasteiger partial charge >= 0.3 is 0 Å². The van der Waals surface area contributed by atoms with Gasteiger partial charge in [-0.25, -0.2) is 0 Å². The van der Waals surface area contributed by atoms with Crippen molar-refractivity contribution in [2.45, 2.75) is 45.3 Å². The summed E-state index contributed by atoms with van der Waals surface area (Å²) in [6, 6.07) is 0.438. The minimum Gasteiger partial charge on any atom is -0.393 e. The van der Waals surface area contributed by atoms with Crippen LogP contribution in [-0.2, 0) is 4.74 Å². The molecule has 1 aliphatic rings. The summed E-state index contributed by atoms with van der Waals surface area (Å²) in [6.45, 7) is 6.20. The van der Waals surface area contributed by atoms with E-state index in [9.17, 15) is 5.11 Å². The van der Waals surface area contributed by atoms with E-state index in [0.717, 1.165) is 32.4 Å². The third kappa shape index (κ3) is 4.49. The lowest BCUT2D eigenvalue weighted by molar-refractivity contribution is 0.142. The van der Waals surface area contributed by atoms with Crippen molar-refractivity contribution in [1.29, 1.82) is 0 Å². The lowest BCUT2D eigenvalue weighted by Crippen LogP contribution is -2.40. The van der Waals surface area contributed by atoms with E-state index >= 15 is 0 Å². The van der Waals surface area contributed by atoms with E-state index in [1.54, 1.807) is 7.11 Å². The number of aliphatic hydroxyl groups is 1. The van der Waals surface area contributed by atoms with Crippen molar-refractivity contribution >= 4 is 0 Å². The monoisotopic (exact) mass is 215 g/mol. The molecule has 0 radical (unpaired) electrons. The summed E-state index contributed by atoms with van der Waals surface area (Å²) in [5.74, 6) is 1.24. The molecule has 0 aromatic rings. The van der Waals surface area contributed by atoms with E-state index in [0.29, 0.717) is 17.9 Å². The van der Waals surface area contributed by atoms with Gasteiger partial charge in [0.15, 0.2) is 0 Å². The van der Waals surface area contributed by atoms with Gasteiger partial charge in [0.2, 0.25) is 0 Å². The molecule has 3 nitrogen and oxygen atoms in total. The van der Waals surface area contributed by atoms with Crippen LogP contribution in [0.25, 0.3) is 0 Å². The zero-order valence-electron chi connectivity index (χ0n) is 10.2. The second-order valence-corrected chi connectivity index (χ2v) is 5.05. The Bertz CT molecular complexity index is 173. The maximum atomic E-state index is 9.42. The van der Waals surface area contributed by atoms with Crippen LogP contribution >= 0.6 is 0 Å². The summed E-state index contributed by atoms with van der Waals surface area (Å²) in [4.78, 5) is 0. The zero-order chi connectivity index (χ0) is 11.3. The first kappa shape index (κ1) is 12.9. The van der Waals surface area contributed by atoms with Gasteiger partial charge in [0.25, 0.3) is 0 Å². The SMILES string of the molecule is COCC(NCC1CCC(O)C1)C(C)C. The van der Waals surface area contributed by atoms with E-state index < -0.39 is 0 Å². The van der Waals surface area contributed by atoms with Gasteiger partial charge in [-0.15, -0.1) is 0 Å². The highest BCUT2D eigenvalue weighted by molar-refractivity contribution is 4.79. The Balaban J connectivity index is 2.21. The highest BCUT2D eigenvalue weighted by Gasteiger charge is 2.23. The molecule has 0 aromatic carbocycles. The Morgan fingerprint density at radius 2 is 2.13 bits per heavy atom. The maximum absolute atomic E-state index is 9.42. The van der Waals surface area contributed by atoms with Gasteiger partial charge in [-0.3, -0.25) is 0 Å². The summed E-state index contributed by atoms with van der Waals surface area (Å²) in [5.41, 5.74) is 0. The van der Waals surface area contributed by atoms with E-state index in [4.69, 9.17) is 4.74 Å². The molecule has 0 aromatic heterocycles. The van der Waals surface area contributed by atoms with Crippen molar-refractivity contribution in [2.24, 2.45) is 11.8 Å². The van der Waals surface area contributed by atoms with Crippen molar-refractivity contribution in [3.05, 3.63) is 0 Å². The van der Waals surface area contributed by atoms with Crippen LogP contribution < -0.4 is 5.32 Å². The molecule has 2 N–H and O–H groups in total. The van der Waals surface area contributed by atoms with Gasteiger partial charge in [0.05, 0.1) is 12.7 Å². The highest BCUT2D eigenvalue weighted by Crippen LogP contribution is 2.24. The average Bonchev–Trinajstić information content (AvgIpc) is 2.58. The summed E-state index contributed by atoms with van der Waals surface area (Å²) >= 11 is 0. The number of methoxy groups -OCH3 is 1. The van der Waals surface area contributed by atoms with Crippen LogP contribution in [0.2, 0.25) is 0 Å². The minimum absolute atomic E-state index is 0.0586. The standard InChI is InChI=1S/C12H25NO2/c1-9(2)12(8-15-3)13-7-10-4-5-11(14)6-10/h9-14H,4-8H2,1-3H3. The summed E-state index contributed by atoms with van der Waals surface area (Å²) in [5, 5.41) is 13.0. The van der Waals surface area contributed by atoms with Gasteiger partial charge < -0.3 is 15.2 Å². The Morgan fingerprint density at radius 3 is 2.60 bits per heavy atom. The maximum Gasteiger partial charge on any atom is 0.0618 e. The van der Waals surface area contributed by atoms with Crippen LogP contribution in [0.3, 0.4) is 0 Å². The Kier molecular flexibility index (Phi) is 5.58. The first-order chi connectivity index (χ1) is 7.13. The molecule has 90 valence electrons. The van der Waals surface area contributed by atoms with E-state index in [-0.39, 0.29) is 6.10 Å². The predicted molar refractivity (Wildman–Crippen MR) is 61.9 cm³/mol. The molecule has 3 heteroatoms. The molecule has 0 heterocycles. The number of rotatable bonds is 6. The van der Waals surface area contributed by atoms with Crippen molar-refractivity contribution in [2.75, 3.05) is 20.3 Å². The second-order valence-electron chi connectivity index (χ2n) is 5.05. The van der Waals surface area contributed by atoms with Crippen molar-refractivity contribution < 1.29 is 9.84 Å². The third-order valence-electron chi connectivity index (χ3n) is 3.33. The van der Waals surface area contributed by atoms with Crippen LogP contribution in [0.4, 0.5) is 0 Å². The molecule has 15 heavy (non-hydrogen) atoms. The Morgan fingerprint density at radius 1 is 1.40 bits per heavy atom. The fraction of sp³-hybridized carbons (Fsp3) is 1.00. The molecule has 1 aliphatic carbocycles. The normalized spacial score (nSPS) is 28.6. The van der Waals surface area contributed by atoms with Gasteiger partial charge in [0, 0.05) is 13.2 Å². The molecule has 0 aliphatic heterocycles. The number of nitrogens with one attached hydrogen (secondary N) is 1. The largest absolute Gasteiger partial charge is 0.393 e. The molecule has 3 unspecified atom stereocenters. The Hall–Kier alpha value is -0.120. The van der Waals surface area contributed by atoms with Crippen molar-refractivity contribution in [3.8, 4) is 0 Å². The van der Waals surface area contributed by atoms with Crippen molar-refractivity contribution in [1.82, 2.24) is 5.32 Å². The molecular weight excluding hydrogens is 190 g/mol. The molecule has 0 amide bonds. The number of ether oxygens (including phenoxy) is 1. The summed E-state index contributed by atoms with van der Waals surface area (Å²) in [6.07, 6.45) is 3.04. The smallest absolute Gasteiger partial charge is 0.0618 e. The summed E-state index contributed by atoms with van der Waals surface area (Å²) in [7, 11) is 1.75. The molecule has 1 fully saturated rings. The molecule has 1 saturated carbocycles. The van der Waals surface area contributed by atoms with Crippen molar-refractivity contribution in [3.63, 3.8) is 0 Å². The van der Waals surface area contributed by atoms with Gasteiger partial charge in [-0.2, -0.15) is 0 Å². The highest BCUT2D eigenvalue weighted by atomic mass is 16.5. The molecule has 1 rings (SSSR count). The molecule has 0 bridgehead atoms. The average molecular weight is 215 g/mol. The third-order valence-corrected chi connectivity index (χ3v) is 3.33. The quantitative estimate of drug-likeness (QED) is 0.704. The zero-order valence-corrected chi connectivity index (χ0v) is 10.2. The molecule has 3 atom stereocenters. The Labute approximate surface area is 93.2 Å². The van der Waals surface area contributed by atoms with Crippen LogP contribution in [-0.4, -0.2) is 37.5 Å². The van der Waals surface area contributed by atoms with Crippen LogP contribution in [0, 0.1) is 11.8 Å². The fourth-order valence-corrected chi connectivity index (χ4v) is 2.22. The lowest BCUT2D eigenvalue weighted by Gasteiger charge is -2.23. The first-order valence-electron chi connectivity index (χ1n) is 6.03. The predicted octanol–water partition coefficient (Wildman–Crippen LogP) is 1.41. The van der Waals surface area contributed by atoms with Gasteiger partial charge in [-0.05, 0) is 37.6 Å². The fourth-order valence-electron chi connectivity index (χ4n) is 2.22. The molecular formula is C12H25NO2. The van der Waals surface area contributed by atoms with Gasteiger partial charge in [-0.1, -0.05) is 13.8 Å². The lowest BCUT2D eigenvalue weighted by atomic mass is 10.0. The van der Waals surface area contributed by atoms with Crippen LogP contribution in [0.5, 0.6) is 0 Å². The first-order valence-corrected chi connectivity index (χ1v) is 6.03. The topological polar surface area (TPSA) is 41.5 Å². The van der Waals surface area contributed by atoms with E-state index in [1.165, 1.54) is 0 Å². The molecule has 0 saturated heterocycles. The second kappa shape index (κ2) is 6.46. The molecule has 0 spiro atoms. The van der Waals surface area contributed by atoms with Gasteiger partial charge in [0.1, 0.15) is 0 Å². The van der Waals surface area contributed by atoms with E-state index in [1.807, 2.05) is 0 Å². The van der Waals surface area contributed by atoms with Crippen LogP contribution in [0.15, 0.2) is 0 Å². The van der Waals surface area contributed by atoms with Crippen LogP contribution in [0.1, 0.15) is 33.1 Å². The van der Waals surface area contributed by atoms with E-state index in [2.05, 4.69) is 19.2 Å². The number of hydrogen-bond donors (Lipinski definition) is 2.